The molecule has 1 saturated heterocycles. The zero-order valence-electron chi connectivity index (χ0n) is 15.7. The minimum absolute atomic E-state index is 0.0722. The van der Waals surface area contributed by atoms with Gasteiger partial charge in [0.15, 0.2) is 0 Å². The summed E-state index contributed by atoms with van der Waals surface area (Å²) in [4.78, 5) is -0.503. The molecule has 0 aromatic heterocycles. The average Bonchev–Trinajstić information content (AvgIpc) is 2.73. The highest BCUT2D eigenvalue weighted by Gasteiger charge is 2.35. The van der Waals surface area contributed by atoms with Gasteiger partial charge >= 0.3 is 0 Å². The Morgan fingerprint density at radius 2 is 1.27 bits per heavy atom. The molecule has 10 heteroatoms. The quantitative estimate of drug-likeness (QED) is 0.610. The number of sulfonamides is 2. The second-order valence-electron chi connectivity index (χ2n) is 6.89. The molecule has 0 bridgehead atoms. The third-order valence-electron chi connectivity index (χ3n) is 5.07. The summed E-state index contributed by atoms with van der Waals surface area (Å²) in [7, 11) is -8.01. The summed E-state index contributed by atoms with van der Waals surface area (Å²) in [6.07, 6.45) is 0. The molecule has 0 spiro atoms. The highest BCUT2D eigenvalue weighted by Crippen LogP contribution is 2.25. The van der Waals surface area contributed by atoms with Crippen LogP contribution in [0.5, 0.6) is 0 Å². The van der Waals surface area contributed by atoms with Crippen LogP contribution in [0, 0.1) is 11.6 Å². The van der Waals surface area contributed by atoms with Crippen LogP contribution in [0.3, 0.4) is 0 Å². The number of hydrogen-bond donors (Lipinski definition) is 0. The number of fused-ring (bicyclic) bond motifs is 1. The predicted molar refractivity (Wildman–Crippen MR) is 108 cm³/mol. The Morgan fingerprint density at radius 1 is 0.667 bits per heavy atom. The van der Waals surface area contributed by atoms with Crippen LogP contribution in [0.4, 0.5) is 8.78 Å². The van der Waals surface area contributed by atoms with Crippen LogP contribution < -0.4 is 0 Å². The molecule has 1 aliphatic heterocycles. The van der Waals surface area contributed by atoms with E-state index in [9.17, 15) is 25.6 Å². The highest BCUT2D eigenvalue weighted by atomic mass is 32.2. The first-order valence-corrected chi connectivity index (χ1v) is 12.0. The molecule has 3 aromatic carbocycles. The van der Waals surface area contributed by atoms with Gasteiger partial charge in [0.2, 0.25) is 20.0 Å². The molecule has 6 nitrogen and oxygen atoms in total. The van der Waals surface area contributed by atoms with Crippen LogP contribution in [-0.2, 0) is 20.0 Å². The molecule has 0 amide bonds. The maximum Gasteiger partial charge on any atom is 0.246 e. The van der Waals surface area contributed by atoms with E-state index in [2.05, 4.69) is 0 Å². The fraction of sp³-hybridized carbons (Fsp3) is 0.200. The van der Waals surface area contributed by atoms with E-state index in [1.54, 1.807) is 12.1 Å². The molecule has 4 rings (SSSR count). The molecule has 30 heavy (non-hydrogen) atoms. The summed E-state index contributed by atoms with van der Waals surface area (Å²) < 4.78 is 80.7. The molecule has 3 aromatic rings. The number of benzene rings is 3. The Labute approximate surface area is 173 Å². The van der Waals surface area contributed by atoms with Crippen molar-refractivity contribution in [3.8, 4) is 0 Å². The van der Waals surface area contributed by atoms with E-state index in [0.717, 1.165) is 27.2 Å². The molecule has 0 N–H and O–H groups in total. The number of piperazine rings is 1. The van der Waals surface area contributed by atoms with Gasteiger partial charge in [-0.2, -0.15) is 8.61 Å². The lowest BCUT2D eigenvalue weighted by atomic mass is 10.1. The van der Waals surface area contributed by atoms with E-state index in [0.29, 0.717) is 6.07 Å². The predicted octanol–water partition coefficient (Wildman–Crippen LogP) is 2.81. The molecule has 0 radical (unpaired) electrons. The summed E-state index contributed by atoms with van der Waals surface area (Å²) in [6.45, 7) is -0.410. The van der Waals surface area contributed by atoms with Gasteiger partial charge in [0, 0.05) is 32.2 Å². The molecule has 0 unspecified atom stereocenters. The van der Waals surface area contributed by atoms with E-state index >= 15 is 0 Å². The summed E-state index contributed by atoms with van der Waals surface area (Å²) in [6, 6.07) is 14.5. The smallest absolute Gasteiger partial charge is 0.207 e. The first-order valence-electron chi connectivity index (χ1n) is 9.14. The molecule has 0 saturated carbocycles. The van der Waals surface area contributed by atoms with Crippen LogP contribution in [0.25, 0.3) is 10.8 Å². The molecule has 158 valence electrons. The van der Waals surface area contributed by atoms with Gasteiger partial charge in [-0.15, -0.1) is 0 Å². The lowest BCUT2D eigenvalue weighted by Crippen LogP contribution is -2.50. The van der Waals surface area contributed by atoms with Crippen molar-refractivity contribution in [2.24, 2.45) is 0 Å². The second-order valence-corrected chi connectivity index (χ2v) is 10.7. The van der Waals surface area contributed by atoms with Crippen molar-refractivity contribution in [1.82, 2.24) is 8.61 Å². The molecular weight excluding hydrogens is 434 g/mol. The first kappa shape index (κ1) is 20.9. The molecular formula is C20H18F2N2O4S2. The third kappa shape index (κ3) is 3.71. The zero-order valence-corrected chi connectivity index (χ0v) is 17.3. The van der Waals surface area contributed by atoms with Crippen molar-refractivity contribution >= 4 is 30.8 Å². The Bertz CT molecular complexity index is 1320. The maximum atomic E-state index is 14.0. The fourth-order valence-corrected chi connectivity index (χ4v) is 6.38. The molecule has 1 heterocycles. The Morgan fingerprint density at radius 3 is 1.90 bits per heavy atom. The maximum absolute atomic E-state index is 14.0. The van der Waals surface area contributed by atoms with Crippen LogP contribution in [0.15, 0.2) is 70.5 Å². The number of halogens is 2. The van der Waals surface area contributed by atoms with Gasteiger partial charge < -0.3 is 0 Å². The monoisotopic (exact) mass is 452 g/mol. The summed E-state index contributed by atoms with van der Waals surface area (Å²) >= 11 is 0. The largest absolute Gasteiger partial charge is 0.246 e. The van der Waals surface area contributed by atoms with E-state index in [4.69, 9.17) is 0 Å². The average molecular weight is 453 g/mol. The van der Waals surface area contributed by atoms with Crippen molar-refractivity contribution in [1.29, 1.82) is 0 Å². The Hall–Kier alpha value is -2.40. The third-order valence-corrected chi connectivity index (χ3v) is 8.89. The molecule has 1 fully saturated rings. The van der Waals surface area contributed by atoms with Crippen LogP contribution >= 0.6 is 0 Å². The van der Waals surface area contributed by atoms with Gasteiger partial charge in [-0.25, -0.2) is 25.6 Å². The second kappa shape index (κ2) is 7.69. The normalized spacial score (nSPS) is 16.7. The lowest BCUT2D eigenvalue weighted by molar-refractivity contribution is 0.272. The van der Waals surface area contributed by atoms with Crippen molar-refractivity contribution in [3.63, 3.8) is 0 Å². The van der Waals surface area contributed by atoms with Crippen molar-refractivity contribution in [3.05, 3.63) is 72.3 Å². The van der Waals surface area contributed by atoms with Gasteiger partial charge in [-0.1, -0.05) is 30.3 Å². The summed E-state index contributed by atoms with van der Waals surface area (Å²) in [5, 5.41) is 1.69. The lowest BCUT2D eigenvalue weighted by Gasteiger charge is -2.33. The van der Waals surface area contributed by atoms with Crippen molar-refractivity contribution < 1.29 is 25.6 Å². The van der Waals surface area contributed by atoms with E-state index in [1.165, 1.54) is 10.4 Å². The zero-order chi connectivity index (χ0) is 21.5. The standard InChI is InChI=1S/C20H18F2N2O4S2/c21-17-6-8-20(19(22)14-17)30(27,28)24-11-9-23(10-12-24)29(25,26)18-7-5-15-3-1-2-4-16(15)13-18/h1-8,13-14H,9-12H2. The fourth-order valence-electron chi connectivity index (χ4n) is 3.45. The van der Waals surface area contributed by atoms with Crippen molar-refractivity contribution in [2.75, 3.05) is 26.2 Å². The van der Waals surface area contributed by atoms with Gasteiger partial charge in [0.05, 0.1) is 4.90 Å². The van der Waals surface area contributed by atoms with Gasteiger partial charge in [0.25, 0.3) is 0 Å². The minimum atomic E-state index is -4.20. The molecule has 0 aliphatic carbocycles. The number of nitrogens with zero attached hydrogens (tertiary/aromatic N) is 2. The van der Waals surface area contributed by atoms with Gasteiger partial charge in [0.1, 0.15) is 16.5 Å². The Kier molecular flexibility index (Phi) is 5.35. The SMILES string of the molecule is O=S(=O)(c1ccc2ccccc2c1)N1CCN(S(=O)(=O)c2ccc(F)cc2F)CC1. The van der Waals surface area contributed by atoms with Gasteiger partial charge in [-0.3, -0.25) is 0 Å². The summed E-state index contributed by atoms with van der Waals surface area (Å²) in [5.74, 6) is -2.06. The van der Waals surface area contributed by atoms with Gasteiger partial charge in [-0.05, 0) is 35.0 Å². The van der Waals surface area contributed by atoms with Crippen LogP contribution in [0.2, 0.25) is 0 Å². The van der Waals surface area contributed by atoms with E-state index < -0.39 is 36.6 Å². The van der Waals surface area contributed by atoms with E-state index in [1.807, 2.05) is 24.3 Å². The minimum Gasteiger partial charge on any atom is -0.207 e. The number of rotatable bonds is 4. The Balaban J connectivity index is 1.54. The first-order chi connectivity index (χ1) is 14.2. The van der Waals surface area contributed by atoms with E-state index in [-0.39, 0.29) is 31.1 Å². The summed E-state index contributed by atoms with van der Waals surface area (Å²) in [5.41, 5.74) is 0. The number of hydrogen-bond acceptors (Lipinski definition) is 4. The highest BCUT2D eigenvalue weighted by molar-refractivity contribution is 7.89. The van der Waals surface area contributed by atoms with Crippen LogP contribution in [-0.4, -0.2) is 51.6 Å². The topological polar surface area (TPSA) is 74.8 Å². The van der Waals surface area contributed by atoms with Crippen molar-refractivity contribution in [2.45, 2.75) is 9.79 Å². The molecule has 1 aliphatic rings. The molecule has 0 atom stereocenters. The van der Waals surface area contributed by atoms with Crippen LogP contribution in [0.1, 0.15) is 0 Å².